The van der Waals surface area contributed by atoms with Gasteiger partial charge in [-0.3, -0.25) is 4.79 Å². The van der Waals surface area contributed by atoms with Crippen molar-refractivity contribution in [1.29, 1.82) is 0 Å². The highest BCUT2D eigenvalue weighted by atomic mass is 16.5. The Labute approximate surface area is 122 Å². The van der Waals surface area contributed by atoms with Crippen LogP contribution in [0.5, 0.6) is 0 Å². The molecule has 4 saturated carbocycles. The van der Waals surface area contributed by atoms with E-state index < -0.39 is 5.60 Å². The molecule has 0 aromatic heterocycles. The fourth-order valence-corrected chi connectivity index (χ4v) is 5.07. The minimum atomic E-state index is -0.500. The third-order valence-electron chi connectivity index (χ3n) is 6.08. The molecule has 0 saturated heterocycles. The van der Waals surface area contributed by atoms with Gasteiger partial charge in [0, 0.05) is 5.41 Å². The Morgan fingerprint density at radius 1 is 1.25 bits per heavy atom. The second-order valence-electron chi connectivity index (χ2n) is 8.24. The van der Waals surface area contributed by atoms with Crippen LogP contribution in [0.3, 0.4) is 0 Å². The maximum absolute atomic E-state index is 11.8. The summed E-state index contributed by atoms with van der Waals surface area (Å²) in [7, 11) is 0. The van der Waals surface area contributed by atoms with E-state index in [1.165, 1.54) is 12.8 Å². The summed E-state index contributed by atoms with van der Waals surface area (Å²) in [6, 6.07) is 0. The van der Waals surface area contributed by atoms with Crippen molar-refractivity contribution in [3.05, 3.63) is 0 Å². The maximum atomic E-state index is 11.8. The first-order chi connectivity index (χ1) is 9.32. The van der Waals surface area contributed by atoms with Crippen LogP contribution in [-0.4, -0.2) is 23.3 Å². The van der Waals surface area contributed by atoms with Crippen LogP contribution in [0.2, 0.25) is 0 Å². The Balaban J connectivity index is 1.76. The number of esters is 1. The highest BCUT2D eigenvalue weighted by Gasteiger charge is 2.57. The first-order valence-corrected chi connectivity index (χ1v) is 8.21. The Morgan fingerprint density at radius 3 is 2.55 bits per heavy atom. The molecule has 3 heteroatoms. The van der Waals surface area contributed by atoms with Gasteiger partial charge in [-0.2, -0.15) is 0 Å². The molecule has 3 unspecified atom stereocenters. The first-order valence-electron chi connectivity index (χ1n) is 8.21. The van der Waals surface area contributed by atoms with Gasteiger partial charge in [-0.05, 0) is 56.3 Å². The smallest absolute Gasteiger partial charge is 0.308 e. The van der Waals surface area contributed by atoms with E-state index in [4.69, 9.17) is 4.74 Å². The molecule has 3 nitrogen and oxygen atoms in total. The maximum Gasteiger partial charge on any atom is 0.308 e. The molecule has 0 aromatic carbocycles. The monoisotopic (exact) mass is 280 g/mol. The van der Waals surface area contributed by atoms with Gasteiger partial charge in [-0.1, -0.05) is 20.8 Å². The molecule has 4 aliphatic rings. The Morgan fingerprint density at radius 2 is 1.90 bits per heavy atom. The fraction of sp³-hybridized carbons (Fsp3) is 0.941. The summed E-state index contributed by atoms with van der Waals surface area (Å²) in [5.74, 6) is 1.82. The highest BCUT2D eigenvalue weighted by Crippen LogP contribution is 2.60. The van der Waals surface area contributed by atoms with Crippen molar-refractivity contribution in [3.63, 3.8) is 0 Å². The quantitative estimate of drug-likeness (QED) is 0.808. The number of rotatable bonds is 3. The van der Waals surface area contributed by atoms with Gasteiger partial charge in [0.05, 0.1) is 18.1 Å². The number of ether oxygens (including phenoxy) is 1. The number of carbonyl (C=O) groups is 1. The summed E-state index contributed by atoms with van der Waals surface area (Å²) in [6.07, 6.45) is 6.37. The van der Waals surface area contributed by atoms with E-state index in [1.807, 2.05) is 13.8 Å². The van der Waals surface area contributed by atoms with Crippen molar-refractivity contribution in [3.8, 4) is 0 Å². The predicted octanol–water partition coefficient (Wildman–Crippen LogP) is 3.15. The Bertz CT molecular complexity index is 399. The molecule has 0 aliphatic heterocycles. The van der Waals surface area contributed by atoms with Crippen molar-refractivity contribution in [2.45, 2.75) is 64.9 Å². The molecular weight excluding hydrogens is 252 g/mol. The van der Waals surface area contributed by atoms with Crippen molar-refractivity contribution in [1.82, 2.24) is 0 Å². The molecule has 4 fully saturated rings. The topological polar surface area (TPSA) is 46.5 Å². The zero-order valence-electron chi connectivity index (χ0n) is 13.0. The summed E-state index contributed by atoms with van der Waals surface area (Å²) in [6.45, 7) is 6.50. The van der Waals surface area contributed by atoms with Crippen molar-refractivity contribution in [2.75, 3.05) is 6.61 Å². The van der Waals surface area contributed by atoms with Crippen LogP contribution in [0.4, 0.5) is 0 Å². The molecule has 4 aliphatic carbocycles. The van der Waals surface area contributed by atoms with Crippen LogP contribution in [0, 0.1) is 29.1 Å². The Hall–Kier alpha value is -0.570. The minimum absolute atomic E-state index is 0.0232. The molecule has 0 amide bonds. The van der Waals surface area contributed by atoms with Gasteiger partial charge in [0.2, 0.25) is 0 Å². The van der Waals surface area contributed by atoms with E-state index in [0.717, 1.165) is 37.5 Å². The van der Waals surface area contributed by atoms with Crippen LogP contribution in [0.1, 0.15) is 59.3 Å². The standard InChI is InChI=1S/C17H28O3/c1-11(2)15(18)20-10-16-7-13-4-14(5-13)8-17(19,9-16)6-12(16)3/h11-14,19H,4-10H2,1-3H3. The van der Waals surface area contributed by atoms with Gasteiger partial charge in [0.25, 0.3) is 0 Å². The lowest BCUT2D eigenvalue weighted by atomic mass is 9.60. The normalized spacial score (nSPS) is 46.5. The third kappa shape index (κ3) is 2.38. The average Bonchev–Trinajstić information content (AvgIpc) is 2.56. The Kier molecular flexibility index (Phi) is 3.39. The van der Waals surface area contributed by atoms with Crippen LogP contribution in [-0.2, 0) is 9.53 Å². The molecule has 0 aromatic rings. The van der Waals surface area contributed by atoms with Crippen LogP contribution < -0.4 is 0 Å². The molecule has 4 bridgehead atoms. The molecule has 0 spiro atoms. The highest BCUT2D eigenvalue weighted by molar-refractivity contribution is 5.71. The van der Waals surface area contributed by atoms with Crippen LogP contribution >= 0.6 is 0 Å². The summed E-state index contributed by atoms with van der Waals surface area (Å²) in [4.78, 5) is 11.8. The molecule has 3 atom stereocenters. The number of hydrogen-bond acceptors (Lipinski definition) is 3. The zero-order chi connectivity index (χ0) is 14.5. The van der Waals surface area contributed by atoms with Gasteiger partial charge < -0.3 is 9.84 Å². The predicted molar refractivity (Wildman–Crippen MR) is 77.0 cm³/mol. The largest absolute Gasteiger partial charge is 0.465 e. The van der Waals surface area contributed by atoms with Crippen molar-refractivity contribution < 1.29 is 14.6 Å². The van der Waals surface area contributed by atoms with Crippen molar-refractivity contribution in [2.24, 2.45) is 29.1 Å². The summed E-state index contributed by atoms with van der Waals surface area (Å²) < 4.78 is 5.59. The summed E-state index contributed by atoms with van der Waals surface area (Å²) in [5.41, 5.74) is -0.477. The second kappa shape index (κ2) is 4.72. The minimum Gasteiger partial charge on any atom is -0.465 e. The van der Waals surface area contributed by atoms with Crippen LogP contribution in [0.15, 0.2) is 0 Å². The summed E-state index contributed by atoms with van der Waals surface area (Å²) >= 11 is 0. The fourth-order valence-electron chi connectivity index (χ4n) is 5.07. The van der Waals surface area contributed by atoms with Gasteiger partial charge in [-0.15, -0.1) is 0 Å². The lowest BCUT2D eigenvalue weighted by molar-refractivity contribution is -0.154. The van der Waals surface area contributed by atoms with Gasteiger partial charge in [0.1, 0.15) is 0 Å². The zero-order valence-corrected chi connectivity index (χ0v) is 13.0. The van der Waals surface area contributed by atoms with Crippen molar-refractivity contribution >= 4 is 5.97 Å². The molecular formula is C17H28O3. The van der Waals surface area contributed by atoms with Crippen LogP contribution in [0.25, 0.3) is 0 Å². The molecule has 0 radical (unpaired) electrons. The second-order valence-corrected chi connectivity index (χ2v) is 8.24. The van der Waals surface area contributed by atoms with E-state index >= 15 is 0 Å². The molecule has 114 valence electrons. The van der Waals surface area contributed by atoms with E-state index in [1.54, 1.807) is 0 Å². The molecule has 20 heavy (non-hydrogen) atoms. The van der Waals surface area contributed by atoms with E-state index in [9.17, 15) is 9.90 Å². The van der Waals surface area contributed by atoms with E-state index in [-0.39, 0.29) is 17.3 Å². The third-order valence-corrected chi connectivity index (χ3v) is 6.08. The molecule has 1 N–H and O–H groups in total. The summed E-state index contributed by atoms with van der Waals surface area (Å²) in [5, 5.41) is 10.9. The van der Waals surface area contributed by atoms with Gasteiger partial charge in [0.15, 0.2) is 0 Å². The SMILES string of the molecule is CC(C)C(=O)OCC12CC3CC(C3)CC(O)(CC1C)C2. The number of carbonyl (C=O) groups excluding carboxylic acids is 1. The lowest BCUT2D eigenvalue weighted by Crippen LogP contribution is -2.43. The first kappa shape index (κ1) is 14.4. The molecule has 4 rings (SSSR count). The lowest BCUT2D eigenvalue weighted by Gasteiger charge is -2.47. The average molecular weight is 280 g/mol. The number of aliphatic hydroxyl groups is 1. The van der Waals surface area contributed by atoms with Gasteiger partial charge >= 0.3 is 5.97 Å². The van der Waals surface area contributed by atoms with E-state index in [2.05, 4.69) is 6.92 Å². The number of hydrogen-bond donors (Lipinski definition) is 1. The van der Waals surface area contributed by atoms with E-state index in [0.29, 0.717) is 12.5 Å². The van der Waals surface area contributed by atoms with Gasteiger partial charge in [-0.25, -0.2) is 0 Å². The molecule has 0 heterocycles.